The van der Waals surface area contributed by atoms with Crippen molar-refractivity contribution in [2.24, 2.45) is 0 Å². The van der Waals surface area contributed by atoms with Gasteiger partial charge in [0.1, 0.15) is 4.88 Å². The third-order valence-electron chi connectivity index (χ3n) is 3.33. The molecule has 3 rings (SSSR count). The van der Waals surface area contributed by atoms with Gasteiger partial charge in [0.25, 0.3) is 5.91 Å². The van der Waals surface area contributed by atoms with Gasteiger partial charge >= 0.3 is 0 Å². The van der Waals surface area contributed by atoms with E-state index >= 15 is 0 Å². The first-order chi connectivity index (χ1) is 10.5. The van der Waals surface area contributed by atoms with E-state index in [9.17, 15) is 4.79 Å². The minimum Gasteiger partial charge on any atom is -0.398 e. The summed E-state index contributed by atoms with van der Waals surface area (Å²) in [6.45, 7) is 1.91. The van der Waals surface area contributed by atoms with Crippen molar-refractivity contribution in [1.29, 1.82) is 0 Å². The van der Waals surface area contributed by atoms with Gasteiger partial charge in [-0.2, -0.15) is 0 Å². The summed E-state index contributed by atoms with van der Waals surface area (Å²) in [6, 6.07) is 10.8. The van der Waals surface area contributed by atoms with Gasteiger partial charge in [-0.3, -0.25) is 4.79 Å². The van der Waals surface area contributed by atoms with Crippen LogP contribution in [0.1, 0.15) is 15.2 Å². The van der Waals surface area contributed by atoms with Gasteiger partial charge in [-0.25, -0.2) is 0 Å². The zero-order chi connectivity index (χ0) is 15.9. The van der Waals surface area contributed by atoms with E-state index in [2.05, 4.69) is 5.32 Å². The van der Waals surface area contributed by atoms with Crippen LogP contribution < -0.4 is 11.1 Å². The Morgan fingerprint density at radius 2 is 1.95 bits per heavy atom. The third kappa shape index (κ3) is 2.77. The Morgan fingerprint density at radius 1 is 1.18 bits per heavy atom. The molecule has 112 valence electrons. The van der Waals surface area contributed by atoms with Crippen LogP contribution in [-0.4, -0.2) is 5.91 Å². The lowest BCUT2D eigenvalue weighted by Gasteiger charge is -2.06. The molecule has 6 heteroatoms. The van der Waals surface area contributed by atoms with Crippen LogP contribution >= 0.6 is 34.5 Å². The highest BCUT2D eigenvalue weighted by molar-refractivity contribution is 7.21. The van der Waals surface area contributed by atoms with Gasteiger partial charge in [0.15, 0.2) is 0 Å². The van der Waals surface area contributed by atoms with Gasteiger partial charge < -0.3 is 11.1 Å². The second-order valence-electron chi connectivity index (χ2n) is 4.91. The molecule has 0 radical (unpaired) electrons. The number of nitrogen functional groups attached to an aromatic ring is 1. The van der Waals surface area contributed by atoms with E-state index in [-0.39, 0.29) is 5.91 Å². The lowest BCUT2D eigenvalue weighted by atomic mass is 10.2. The third-order valence-corrected chi connectivity index (χ3v) is 5.23. The molecule has 22 heavy (non-hydrogen) atoms. The minimum atomic E-state index is -0.259. The van der Waals surface area contributed by atoms with Crippen molar-refractivity contribution < 1.29 is 4.79 Å². The topological polar surface area (TPSA) is 55.1 Å². The average Bonchev–Trinajstić information content (AvgIpc) is 2.79. The number of nitrogens with one attached hydrogen (secondary N) is 1. The first kappa shape index (κ1) is 15.2. The van der Waals surface area contributed by atoms with Crippen molar-refractivity contribution in [3.63, 3.8) is 0 Å². The lowest BCUT2D eigenvalue weighted by molar-refractivity contribution is 0.103. The molecule has 0 bridgehead atoms. The molecule has 0 unspecified atom stereocenters. The summed E-state index contributed by atoms with van der Waals surface area (Å²) in [5.74, 6) is -0.259. The van der Waals surface area contributed by atoms with Crippen LogP contribution in [-0.2, 0) is 0 Å². The summed E-state index contributed by atoms with van der Waals surface area (Å²) in [5.41, 5.74) is 8.09. The number of hydrogen-bond donors (Lipinski definition) is 2. The van der Waals surface area contributed by atoms with Crippen LogP contribution in [0.3, 0.4) is 0 Å². The molecule has 0 fully saturated rings. The number of rotatable bonds is 2. The van der Waals surface area contributed by atoms with Crippen molar-refractivity contribution in [1.82, 2.24) is 0 Å². The van der Waals surface area contributed by atoms with Gasteiger partial charge in [0.2, 0.25) is 0 Å². The fraction of sp³-hybridized carbons (Fsp3) is 0.0625. The number of amides is 1. The highest BCUT2D eigenvalue weighted by Gasteiger charge is 2.17. The van der Waals surface area contributed by atoms with Crippen LogP contribution in [0.2, 0.25) is 10.0 Å². The Labute approximate surface area is 141 Å². The molecule has 0 atom stereocenters. The van der Waals surface area contributed by atoms with Gasteiger partial charge in [0, 0.05) is 26.5 Å². The molecular formula is C16H12Cl2N2OS. The summed E-state index contributed by atoms with van der Waals surface area (Å²) >= 11 is 13.6. The zero-order valence-corrected chi connectivity index (χ0v) is 13.9. The maximum absolute atomic E-state index is 12.4. The molecule has 2 aromatic carbocycles. The smallest absolute Gasteiger partial charge is 0.267 e. The number of halogens is 2. The minimum absolute atomic E-state index is 0.259. The number of carbonyl (C=O) groups excluding carboxylic acids is 1. The lowest BCUT2D eigenvalue weighted by Crippen LogP contribution is -2.11. The Hall–Kier alpha value is -1.75. The fourth-order valence-corrected chi connectivity index (χ4v) is 3.78. The molecule has 1 amide bonds. The molecule has 0 aliphatic heterocycles. The van der Waals surface area contributed by atoms with Gasteiger partial charge in [-0.1, -0.05) is 35.3 Å². The summed E-state index contributed by atoms with van der Waals surface area (Å²) in [7, 11) is 0. The number of carbonyl (C=O) groups is 1. The first-order valence-corrected chi connectivity index (χ1v) is 8.08. The molecule has 3 N–H and O–H groups in total. The number of thiophene rings is 1. The zero-order valence-electron chi connectivity index (χ0n) is 11.6. The second-order valence-corrected chi connectivity index (χ2v) is 6.78. The summed E-state index contributed by atoms with van der Waals surface area (Å²) in [4.78, 5) is 12.9. The average molecular weight is 351 g/mol. The van der Waals surface area contributed by atoms with Gasteiger partial charge in [0.05, 0.1) is 5.02 Å². The number of hydrogen-bond acceptors (Lipinski definition) is 3. The molecular weight excluding hydrogens is 339 g/mol. The first-order valence-electron chi connectivity index (χ1n) is 6.51. The molecule has 1 aromatic heterocycles. The predicted molar refractivity (Wildman–Crippen MR) is 95.4 cm³/mol. The van der Waals surface area contributed by atoms with Crippen molar-refractivity contribution >= 4 is 61.9 Å². The standard InChI is InChI=1S/C16H12Cl2N2OS/c1-8-2-4-10(7-12(8)19)20-16(21)15-14(18)11-5-3-9(17)6-13(11)22-15/h2-7H,19H2,1H3,(H,20,21). The molecule has 1 heterocycles. The monoisotopic (exact) mass is 350 g/mol. The van der Waals surface area contributed by atoms with Crippen LogP contribution in [0.5, 0.6) is 0 Å². The molecule has 0 saturated carbocycles. The fourth-order valence-electron chi connectivity index (χ4n) is 2.09. The van der Waals surface area contributed by atoms with Crippen molar-refractivity contribution in [3.05, 3.63) is 56.9 Å². The van der Waals surface area contributed by atoms with E-state index in [4.69, 9.17) is 28.9 Å². The van der Waals surface area contributed by atoms with Crippen LogP contribution in [0.15, 0.2) is 36.4 Å². The van der Waals surface area contributed by atoms with Crippen molar-refractivity contribution in [2.75, 3.05) is 11.1 Å². The van der Waals surface area contributed by atoms with E-state index in [1.807, 2.05) is 25.1 Å². The summed E-state index contributed by atoms with van der Waals surface area (Å²) in [5, 5.41) is 4.69. The molecule has 0 aliphatic carbocycles. The van der Waals surface area contributed by atoms with Crippen molar-refractivity contribution in [3.8, 4) is 0 Å². The number of aryl methyl sites for hydroxylation is 1. The Kier molecular flexibility index (Phi) is 4.00. The predicted octanol–water partition coefficient (Wildman–Crippen LogP) is 5.35. The quantitative estimate of drug-likeness (QED) is 0.612. The summed E-state index contributed by atoms with van der Waals surface area (Å²) < 4.78 is 0.881. The SMILES string of the molecule is Cc1ccc(NC(=O)c2sc3cc(Cl)ccc3c2Cl)cc1N. The Bertz CT molecular complexity index is 889. The van der Waals surface area contributed by atoms with Gasteiger partial charge in [-0.15, -0.1) is 11.3 Å². The maximum atomic E-state index is 12.4. The van der Waals surface area contributed by atoms with Crippen LogP contribution in [0.4, 0.5) is 11.4 Å². The maximum Gasteiger partial charge on any atom is 0.267 e. The molecule has 0 saturated heterocycles. The van der Waals surface area contributed by atoms with E-state index in [0.717, 1.165) is 15.6 Å². The molecule has 0 aliphatic rings. The largest absolute Gasteiger partial charge is 0.398 e. The normalized spacial score (nSPS) is 10.9. The van der Waals surface area contributed by atoms with E-state index in [1.165, 1.54) is 11.3 Å². The molecule has 3 nitrogen and oxygen atoms in total. The van der Waals surface area contributed by atoms with E-state index in [0.29, 0.717) is 26.3 Å². The van der Waals surface area contributed by atoms with E-state index < -0.39 is 0 Å². The Morgan fingerprint density at radius 3 is 2.68 bits per heavy atom. The second kappa shape index (κ2) is 5.80. The van der Waals surface area contributed by atoms with Crippen LogP contribution in [0, 0.1) is 6.92 Å². The van der Waals surface area contributed by atoms with Gasteiger partial charge in [-0.05, 0) is 36.8 Å². The number of anilines is 2. The highest BCUT2D eigenvalue weighted by Crippen LogP contribution is 2.37. The highest BCUT2D eigenvalue weighted by atomic mass is 35.5. The number of fused-ring (bicyclic) bond motifs is 1. The number of nitrogens with two attached hydrogens (primary N) is 1. The Balaban J connectivity index is 1.94. The number of benzene rings is 2. The van der Waals surface area contributed by atoms with Crippen LogP contribution in [0.25, 0.3) is 10.1 Å². The molecule has 3 aromatic rings. The molecule has 0 spiro atoms. The van der Waals surface area contributed by atoms with Crippen molar-refractivity contribution in [2.45, 2.75) is 6.92 Å². The van der Waals surface area contributed by atoms with E-state index in [1.54, 1.807) is 18.2 Å². The summed E-state index contributed by atoms with van der Waals surface area (Å²) in [6.07, 6.45) is 0.